The van der Waals surface area contributed by atoms with Crippen molar-refractivity contribution in [3.63, 3.8) is 0 Å². The number of furan rings is 4. The van der Waals surface area contributed by atoms with Crippen molar-refractivity contribution in [1.29, 1.82) is 0 Å². The average Bonchev–Trinajstić information content (AvgIpc) is 1.59. The molecule has 0 aliphatic rings. The van der Waals surface area contributed by atoms with E-state index < -0.39 is 43.7 Å². The topological polar surface area (TPSA) is 85.5 Å². The Morgan fingerprint density at radius 1 is 0.308 bits per heavy atom. The minimum absolute atomic E-state index is 0.01000. The summed E-state index contributed by atoms with van der Waals surface area (Å²) in [5.74, 6) is -1.05. The van der Waals surface area contributed by atoms with Crippen molar-refractivity contribution in [3.8, 4) is 89.5 Å². The molecule has 12 nitrogen and oxygen atoms in total. The number of hydrogen-bond donors (Lipinski definition) is 0. The molecule has 0 bridgehead atoms. The molecule has 0 aliphatic carbocycles. The number of aryl methyl sites for hydroxylation is 4. The second-order valence-electron chi connectivity index (χ2n) is 41.1. The Balaban J connectivity index is 0.000000146. The molecule has 0 amide bonds. The van der Waals surface area contributed by atoms with Crippen LogP contribution in [0.4, 0.5) is 22.7 Å². The van der Waals surface area contributed by atoms with Gasteiger partial charge in [0.05, 0.1) is 58.1 Å². The first-order valence-corrected chi connectivity index (χ1v) is 49.8. The first-order chi connectivity index (χ1) is 76.9. The molecule has 8 heterocycles. The lowest BCUT2D eigenvalue weighted by molar-refractivity contribution is -0.667. The van der Waals surface area contributed by atoms with Gasteiger partial charge in [-0.1, -0.05) is 298 Å². The molecule has 12 heteroatoms. The van der Waals surface area contributed by atoms with Crippen LogP contribution in [0.25, 0.3) is 197 Å². The molecule has 0 N–H and O–H groups in total. The summed E-state index contributed by atoms with van der Waals surface area (Å²) in [5.41, 5.74) is 28.1. The smallest absolute Gasteiger partial charge is 0.216 e. The predicted molar refractivity (Wildman–Crippen MR) is 608 cm³/mol. The van der Waals surface area contributed by atoms with Gasteiger partial charge in [0, 0.05) is 156 Å². The van der Waals surface area contributed by atoms with Crippen molar-refractivity contribution in [2.24, 2.45) is 39.5 Å². The van der Waals surface area contributed by atoms with Crippen molar-refractivity contribution in [2.75, 3.05) is 0 Å². The highest BCUT2D eigenvalue weighted by atomic mass is 16.3. The summed E-state index contributed by atoms with van der Waals surface area (Å²) in [6.07, 6.45) is -3.79. The van der Waals surface area contributed by atoms with E-state index in [9.17, 15) is 4.11 Å². The highest BCUT2D eigenvalue weighted by Gasteiger charge is 2.33. The van der Waals surface area contributed by atoms with Crippen LogP contribution < -0.4 is 18.3 Å². The largest absolute Gasteiger partial charge is 0.456 e. The van der Waals surface area contributed by atoms with Gasteiger partial charge in [-0.25, -0.2) is 19.4 Å². The van der Waals surface area contributed by atoms with E-state index in [0.29, 0.717) is 164 Å². The van der Waals surface area contributed by atoms with Crippen LogP contribution in [0.1, 0.15) is 253 Å². The highest BCUT2D eigenvalue weighted by molar-refractivity contribution is 6.19. The second kappa shape index (κ2) is 40.9. The Kier molecular flexibility index (Phi) is 22.6. The average molecular weight is 1940 g/mol. The van der Waals surface area contributed by atoms with Gasteiger partial charge in [-0.15, -0.1) is 0 Å². The lowest BCUT2D eigenvalue weighted by atomic mass is 9.87. The van der Waals surface area contributed by atoms with Crippen LogP contribution in [-0.2, 0) is 40.9 Å². The zero-order valence-corrected chi connectivity index (χ0v) is 88.6. The molecule has 0 spiro atoms. The Labute approximate surface area is 887 Å². The van der Waals surface area contributed by atoms with Gasteiger partial charge in [0.2, 0.25) is 22.8 Å². The quantitative estimate of drug-likeness (QED) is 0.0712. The van der Waals surface area contributed by atoms with Crippen molar-refractivity contribution in [1.82, 2.24) is 0 Å². The van der Waals surface area contributed by atoms with E-state index in [0.717, 1.165) is 110 Å². The molecule has 8 aromatic heterocycles. The maximum Gasteiger partial charge on any atom is 0.216 e. The molecule has 1 unspecified atom stereocenters. The summed E-state index contributed by atoms with van der Waals surface area (Å²) in [6.45, 7) is 70.3. The van der Waals surface area contributed by atoms with E-state index in [2.05, 4.69) is 123 Å². The van der Waals surface area contributed by atoms with Crippen molar-refractivity contribution >= 4 is 111 Å². The second-order valence-corrected chi connectivity index (χ2v) is 41.1. The van der Waals surface area contributed by atoms with E-state index >= 15 is 0 Å². The van der Waals surface area contributed by atoms with Crippen LogP contribution in [0.15, 0.2) is 254 Å². The van der Waals surface area contributed by atoms with E-state index in [-0.39, 0.29) is 64.6 Å². The van der Waals surface area contributed by atoms with E-state index in [1.807, 2.05) is 181 Å². The number of pyridine rings is 4. The molecule has 146 heavy (non-hydrogen) atoms. The molecule has 732 valence electrons. The lowest BCUT2D eigenvalue weighted by Gasteiger charge is -2.18. The fraction of sp³-hybridized carbons (Fsp3) is 0.284. The number of nitrogens with zero attached hydrogens (tertiary/aromatic N) is 8. The molecular weight excluding hydrogens is 1790 g/mol. The van der Waals surface area contributed by atoms with E-state index in [1.165, 1.54) is 29.2 Å². The van der Waals surface area contributed by atoms with Gasteiger partial charge in [0.15, 0.2) is 45.5 Å². The summed E-state index contributed by atoms with van der Waals surface area (Å²) in [4.78, 5) is 15.3. The fourth-order valence-electron chi connectivity index (χ4n) is 19.6. The Hall–Kier alpha value is -15.6. The predicted octanol–water partition coefficient (Wildman–Crippen LogP) is 36.7. The number of hydrogen-bond acceptors (Lipinski definition) is 4. The Morgan fingerprint density at radius 2 is 0.568 bits per heavy atom. The zero-order valence-electron chi connectivity index (χ0n) is 107. The van der Waals surface area contributed by atoms with Crippen LogP contribution in [0, 0.1) is 107 Å². The Bertz CT molecular complexity index is 9460. The van der Waals surface area contributed by atoms with Gasteiger partial charge in [-0.3, -0.25) is 0 Å². The molecule has 12 aromatic carbocycles. The Morgan fingerprint density at radius 3 is 0.836 bits per heavy atom. The van der Waals surface area contributed by atoms with Gasteiger partial charge in [0.25, 0.3) is 0 Å². The van der Waals surface area contributed by atoms with Crippen LogP contribution in [0.5, 0.6) is 0 Å². The first kappa shape index (κ1) is 80.8. The van der Waals surface area contributed by atoms with E-state index in [1.54, 1.807) is 108 Å². The molecule has 0 fully saturated rings. The van der Waals surface area contributed by atoms with Crippen molar-refractivity contribution in [3.05, 3.63) is 377 Å². The third-order valence-corrected chi connectivity index (χ3v) is 28.2. The third kappa shape index (κ3) is 19.2. The first-order valence-electron chi connectivity index (χ1n) is 58.8. The number of benzene rings is 12. The number of aromatic nitrogens is 4. The van der Waals surface area contributed by atoms with E-state index in [4.69, 9.17) is 64.5 Å². The zero-order chi connectivity index (χ0) is 120. The van der Waals surface area contributed by atoms with Crippen LogP contribution in [-0.4, -0.2) is 0 Å². The molecule has 1 atom stereocenters. The fourth-order valence-corrected chi connectivity index (χ4v) is 19.6. The minimum atomic E-state index is -2.75. The summed E-state index contributed by atoms with van der Waals surface area (Å²) in [6, 6.07) is 63.7. The molecule has 20 aromatic rings. The molecule has 0 aliphatic heterocycles. The lowest BCUT2D eigenvalue weighted by Crippen LogP contribution is -2.36. The molecule has 0 saturated carbocycles. The van der Waals surface area contributed by atoms with Gasteiger partial charge >= 0.3 is 0 Å². The molecule has 20 rings (SSSR count). The SMILES string of the molecule is [2H]c1c(C([2H])(C)C([2H])([2H])[2H])c([2H])c(-c2c(C)ccc3c2oc2c(-c4ccc(C(C)C)cc4)c([N+]#[C-])ccc23)[n+](C)c1C.[2H]c1c(C([2H])([2H])C(C)(C)C)c([2H])c(-c2c(C)ccc3c2oc2c(-c4ccc(C(C)C)cc4)c([N+]#[C-])ccc23)[n+](C)c1C.[2H]c1c(C([2H])([2H])C(C)C)c([2H])c(-c2c(C)ccc3c2oc2c(-c4ccc(C(C)C)cc4)c([N+]#[C-])ccc23)[n+](C)c1C.[2H]c1c(C)c(C([2H])([2H])[2H])c(C)[n+](C)c1-c1c(C)ccc2c1oc1c(-c3ccc(C(C)C)cc3)c([N+]#[C-])ccc12. The van der Waals surface area contributed by atoms with Crippen molar-refractivity contribution in [2.45, 2.75) is 215 Å². The van der Waals surface area contributed by atoms with Gasteiger partial charge in [0.1, 0.15) is 72.9 Å². The normalized spacial score (nSPS) is 14.3. The third-order valence-electron chi connectivity index (χ3n) is 28.2. The summed E-state index contributed by atoms with van der Waals surface area (Å²) in [7, 11) is 7.17. The summed E-state index contributed by atoms with van der Waals surface area (Å²) >= 11 is 0. The van der Waals surface area contributed by atoms with Gasteiger partial charge in [-0.05, 0) is 184 Å². The minimum Gasteiger partial charge on any atom is -0.456 e. The van der Waals surface area contributed by atoms with Crippen LogP contribution in [0.2, 0.25) is 0 Å². The summed E-state index contributed by atoms with van der Waals surface area (Å²) < 4.78 is 190. The molecular formula is C134H136N8O4+4. The van der Waals surface area contributed by atoms with Gasteiger partial charge < -0.3 is 17.7 Å². The number of fused-ring (bicyclic) bond motifs is 12. The highest BCUT2D eigenvalue weighted by Crippen LogP contribution is 2.52. The molecule has 0 saturated heterocycles. The van der Waals surface area contributed by atoms with Crippen LogP contribution >= 0.6 is 0 Å². The van der Waals surface area contributed by atoms with Crippen LogP contribution in [0.3, 0.4) is 0 Å². The number of rotatable bonds is 16. The van der Waals surface area contributed by atoms with Crippen molar-refractivity contribution < 1.29 is 60.6 Å². The monoisotopic (exact) mass is 1940 g/mol. The van der Waals surface area contributed by atoms with Gasteiger partial charge in [-0.2, -0.15) is 18.3 Å². The summed E-state index contributed by atoms with van der Waals surface area (Å²) in [5, 5.41) is 6.84. The maximum absolute atomic E-state index is 9.34. The maximum atomic E-state index is 9.34. The standard InChI is InChI=1S/C35H37N2O.C34H35N2O.C33H33N2O.C32H31N2O/c1-21(2)25-11-13-26(14-12-25)32-29(36-8)17-16-28-27-15-10-22(3)31(33(27)38-34(28)32)30-19-24(20-35(5,6)7)18-23(4)37(30)9;1-20(2)17-24-18-23(6)36(8)30(19-24)31-22(5)9-14-27-28-15-16-29(35-7)32(34(28)37-33(27)31)26-12-10-25(11-13-26)21(3)4;1-19(2)23-10-12-24(13-11-23)31-28(34-7)16-15-27-26-14-9-21(5)30(32(26)36-33(27)31)29-18-25(20(3)4)17-22(6)35(29)8;1-18(2)23-10-12-24(13-11-23)30-27(33-7)16-15-26-25-14-9-19(3)29(31(25)35-32(26)30)28-17-20(4)21(5)22(6)34(28)8/h10-19,21H,20H2,1-7,9H3;9-16,18-21H,17H2,1-6,8H3;9-20H,1-6,8H3;9-18H,1-6,8H3/q4*+1/i18D,19D,20D2;17D2,18D,19D;3D3,17D,18D,20D;5D3,17D. The molecule has 0 radical (unpaired) electrons.